The van der Waals surface area contributed by atoms with Crippen LogP contribution in [0.5, 0.6) is 5.75 Å². The molecule has 7 heteroatoms. The van der Waals surface area contributed by atoms with Gasteiger partial charge in [-0.1, -0.05) is 36.4 Å². The fraction of sp³-hybridized carbons (Fsp3) is 0.346. The smallest absolute Gasteiger partial charge is 0.260 e. The van der Waals surface area contributed by atoms with Gasteiger partial charge in [0.05, 0.1) is 12.1 Å². The molecule has 0 radical (unpaired) electrons. The van der Waals surface area contributed by atoms with Crippen LogP contribution < -0.4 is 4.74 Å². The molecule has 5 rings (SSSR count). The van der Waals surface area contributed by atoms with Crippen molar-refractivity contribution in [3.05, 3.63) is 84.6 Å². The van der Waals surface area contributed by atoms with E-state index in [0.717, 1.165) is 12.8 Å². The molecule has 0 aliphatic carbocycles. The minimum atomic E-state index is -0.160. The summed E-state index contributed by atoms with van der Waals surface area (Å²) < 4.78 is 11.3. The summed E-state index contributed by atoms with van der Waals surface area (Å²) in [7, 11) is 0. The highest BCUT2D eigenvalue weighted by Crippen LogP contribution is 2.49. The van der Waals surface area contributed by atoms with Crippen molar-refractivity contribution in [2.24, 2.45) is 5.41 Å². The maximum absolute atomic E-state index is 13.2. The van der Waals surface area contributed by atoms with E-state index in [2.05, 4.69) is 4.98 Å². The molecule has 3 aromatic rings. The molecule has 3 heterocycles. The van der Waals surface area contributed by atoms with Crippen LogP contribution in [-0.2, 0) is 4.79 Å². The minimum Gasteiger partial charge on any atom is -0.484 e. The van der Waals surface area contributed by atoms with Crippen LogP contribution in [0, 0.1) is 5.41 Å². The molecule has 1 unspecified atom stereocenters. The second-order valence-corrected chi connectivity index (χ2v) is 8.82. The highest BCUT2D eigenvalue weighted by Gasteiger charge is 2.52. The van der Waals surface area contributed by atoms with Gasteiger partial charge in [-0.05, 0) is 37.1 Å². The van der Waals surface area contributed by atoms with Gasteiger partial charge in [-0.15, -0.1) is 0 Å². The van der Waals surface area contributed by atoms with Crippen molar-refractivity contribution < 1.29 is 18.7 Å². The fourth-order valence-corrected chi connectivity index (χ4v) is 5.09. The molecule has 2 aliphatic heterocycles. The number of oxazole rings is 1. The maximum atomic E-state index is 13.2. The number of benzene rings is 2. The average molecular weight is 446 g/mol. The molecule has 170 valence electrons. The minimum absolute atomic E-state index is 0.0120. The zero-order chi connectivity index (χ0) is 22.7. The maximum Gasteiger partial charge on any atom is 0.260 e. The number of aromatic nitrogens is 1. The summed E-state index contributed by atoms with van der Waals surface area (Å²) in [5.74, 6) is 1.38. The second kappa shape index (κ2) is 9.10. The number of likely N-dealkylation sites (tertiary alicyclic amines) is 2. The summed E-state index contributed by atoms with van der Waals surface area (Å²) in [6.07, 6.45) is 4.82. The summed E-state index contributed by atoms with van der Waals surface area (Å²) in [6.45, 7) is 2.48. The van der Waals surface area contributed by atoms with Crippen LogP contribution in [0.1, 0.15) is 35.0 Å². The predicted octanol–water partition coefficient (Wildman–Crippen LogP) is 3.60. The third-order valence-electron chi connectivity index (χ3n) is 6.92. The van der Waals surface area contributed by atoms with E-state index in [1.807, 2.05) is 70.5 Å². The summed E-state index contributed by atoms with van der Waals surface area (Å²) in [6, 6.07) is 18.7. The standard InChI is InChI=1S/C26H27N3O4/c30-23(18-33-21-9-5-2-6-10-21)28-14-11-26(12-15-28)19-29(17-22(26)24-27-13-16-32-24)25(31)20-7-3-1-4-8-20/h1-10,13,16,22H,11-12,14-15,17-19H2. The third kappa shape index (κ3) is 4.35. The van der Waals surface area contributed by atoms with E-state index < -0.39 is 0 Å². The first-order valence-corrected chi connectivity index (χ1v) is 11.3. The number of para-hydroxylation sites is 1. The lowest BCUT2D eigenvalue weighted by Gasteiger charge is -2.41. The quantitative estimate of drug-likeness (QED) is 0.600. The molecule has 1 spiro atoms. The van der Waals surface area contributed by atoms with Crippen LogP contribution in [-0.4, -0.2) is 59.4 Å². The van der Waals surface area contributed by atoms with Crippen LogP contribution in [0.4, 0.5) is 0 Å². The molecule has 0 saturated carbocycles. The molecule has 2 amide bonds. The van der Waals surface area contributed by atoms with Gasteiger partial charge in [0.25, 0.3) is 11.8 Å². The van der Waals surface area contributed by atoms with Crippen molar-refractivity contribution in [3.8, 4) is 5.75 Å². The van der Waals surface area contributed by atoms with Crippen LogP contribution in [0.3, 0.4) is 0 Å². The lowest BCUT2D eigenvalue weighted by atomic mass is 9.70. The van der Waals surface area contributed by atoms with Gasteiger partial charge in [0, 0.05) is 37.2 Å². The van der Waals surface area contributed by atoms with E-state index in [1.165, 1.54) is 0 Å². The SMILES string of the molecule is O=C(COc1ccccc1)N1CCC2(CC1)CN(C(=O)c1ccccc1)CC2c1ncco1. The first-order valence-electron chi connectivity index (χ1n) is 11.3. The topological polar surface area (TPSA) is 75.9 Å². The number of nitrogens with zero attached hydrogens (tertiary/aromatic N) is 3. The molecular weight excluding hydrogens is 418 g/mol. The summed E-state index contributed by atoms with van der Waals surface area (Å²) >= 11 is 0. The molecule has 0 N–H and O–H groups in total. The summed E-state index contributed by atoms with van der Waals surface area (Å²) in [5.41, 5.74) is 0.526. The third-order valence-corrected chi connectivity index (χ3v) is 6.92. The van der Waals surface area contributed by atoms with E-state index in [4.69, 9.17) is 9.15 Å². The number of hydrogen-bond acceptors (Lipinski definition) is 5. The molecule has 7 nitrogen and oxygen atoms in total. The molecule has 1 atom stereocenters. The van der Waals surface area contributed by atoms with Gasteiger partial charge in [0.2, 0.25) is 0 Å². The van der Waals surface area contributed by atoms with Crippen LogP contribution in [0.2, 0.25) is 0 Å². The van der Waals surface area contributed by atoms with Gasteiger partial charge in [-0.2, -0.15) is 0 Å². The number of piperidine rings is 1. The zero-order valence-corrected chi connectivity index (χ0v) is 18.4. The number of amides is 2. The molecule has 33 heavy (non-hydrogen) atoms. The number of carbonyl (C=O) groups is 2. The Balaban J connectivity index is 1.27. The Morgan fingerprint density at radius 3 is 2.36 bits per heavy atom. The Kier molecular flexibility index (Phi) is 5.86. The number of carbonyl (C=O) groups excluding carboxylic acids is 2. The Morgan fingerprint density at radius 2 is 1.70 bits per heavy atom. The first-order chi connectivity index (χ1) is 16.1. The zero-order valence-electron chi connectivity index (χ0n) is 18.4. The van der Waals surface area contributed by atoms with Gasteiger partial charge >= 0.3 is 0 Å². The lowest BCUT2D eigenvalue weighted by Crippen LogP contribution is -2.47. The van der Waals surface area contributed by atoms with Crippen molar-refractivity contribution in [2.75, 3.05) is 32.8 Å². The van der Waals surface area contributed by atoms with Gasteiger partial charge in [-0.3, -0.25) is 9.59 Å². The molecule has 2 aromatic carbocycles. The summed E-state index contributed by atoms with van der Waals surface area (Å²) in [4.78, 5) is 34.1. The van der Waals surface area contributed by atoms with Crippen molar-refractivity contribution in [1.82, 2.24) is 14.8 Å². The van der Waals surface area contributed by atoms with Crippen molar-refractivity contribution in [2.45, 2.75) is 18.8 Å². The monoisotopic (exact) mass is 445 g/mol. The number of rotatable bonds is 5. The van der Waals surface area contributed by atoms with E-state index in [0.29, 0.717) is 43.4 Å². The Bertz CT molecular complexity index is 1080. The average Bonchev–Trinajstić information content (AvgIpc) is 3.52. The van der Waals surface area contributed by atoms with Crippen LogP contribution in [0.25, 0.3) is 0 Å². The highest BCUT2D eigenvalue weighted by atomic mass is 16.5. The van der Waals surface area contributed by atoms with Gasteiger partial charge < -0.3 is 19.0 Å². The first kappa shape index (κ1) is 21.2. The fourth-order valence-electron chi connectivity index (χ4n) is 5.09. The number of ether oxygens (including phenoxy) is 1. The summed E-state index contributed by atoms with van der Waals surface area (Å²) in [5, 5.41) is 0. The molecule has 2 fully saturated rings. The van der Waals surface area contributed by atoms with Gasteiger partial charge in [0.1, 0.15) is 12.0 Å². The molecule has 0 bridgehead atoms. The molecular formula is C26H27N3O4. The normalized spacial score (nSPS) is 19.6. The largest absolute Gasteiger partial charge is 0.484 e. The molecule has 2 aliphatic rings. The Labute approximate surface area is 193 Å². The van der Waals surface area contributed by atoms with E-state index in [9.17, 15) is 9.59 Å². The van der Waals surface area contributed by atoms with Crippen molar-refractivity contribution in [3.63, 3.8) is 0 Å². The Morgan fingerprint density at radius 1 is 1.00 bits per heavy atom. The number of hydrogen-bond donors (Lipinski definition) is 0. The van der Waals surface area contributed by atoms with Crippen molar-refractivity contribution >= 4 is 11.8 Å². The van der Waals surface area contributed by atoms with Gasteiger partial charge in [0.15, 0.2) is 12.5 Å². The molecule has 1 aromatic heterocycles. The predicted molar refractivity (Wildman–Crippen MR) is 122 cm³/mol. The molecule has 2 saturated heterocycles. The van der Waals surface area contributed by atoms with Crippen LogP contribution >= 0.6 is 0 Å². The van der Waals surface area contributed by atoms with Crippen molar-refractivity contribution in [1.29, 1.82) is 0 Å². The lowest BCUT2D eigenvalue weighted by molar-refractivity contribution is -0.135. The van der Waals surface area contributed by atoms with Gasteiger partial charge in [-0.25, -0.2) is 4.98 Å². The second-order valence-electron chi connectivity index (χ2n) is 8.82. The van der Waals surface area contributed by atoms with E-state index in [-0.39, 0.29) is 29.8 Å². The van der Waals surface area contributed by atoms with Crippen LogP contribution in [0.15, 0.2) is 77.5 Å². The highest BCUT2D eigenvalue weighted by molar-refractivity contribution is 5.94. The Hall–Kier alpha value is -3.61. The van der Waals surface area contributed by atoms with E-state index in [1.54, 1.807) is 12.5 Å². The van der Waals surface area contributed by atoms with E-state index >= 15 is 0 Å².